The zero-order valence-electron chi connectivity index (χ0n) is 7.77. The molecule has 1 aromatic heterocycles. The molecule has 0 unspecified atom stereocenters. The van der Waals surface area contributed by atoms with E-state index in [0.29, 0.717) is 18.2 Å². The molecule has 0 fully saturated rings. The van der Waals surface area contributed by atoms with Crippen LogP contribution in [0.4, 0.5) is 0 Å². The monoisotopic (exact) mass is 217 g/mol. The Labute approximate surface area is 88.3 Å². The number of rotatable bonds is 4. The van der Waals surface area contributed by atoms with Gasteiger partial charge in [0.1, 0.15) is 0 Å². The van der Waals surface area contributed by atoms with Crippen LogP contribution < -0.4 is 4.74 Å². The fraction of sp³-hybridized carbons (Fsp3) is 0.333. The number of carboxylic acids is 1. The molecule has 0 spiro atoms. The summed E-state index contributed by atoms with van der Waals surface area (Å²) in [6.07, 6.45) is -0.0685. The molecule has 14 heavy (non-hydrogen) atoms. The van der Waals surface area contributed by atoms with Crippen LogP contribution in [-0.2, 0) is 11.2 Å². The van der Waals surface area contributed by atoms with E-state index in [4.69, 9.17) is 9.84 Å². The van der Waals surface area contributed by atoms with Gasteiger partial charge < -0.3 is 9.84 Å². The summed E-state index contributed by atoms with van der Waals surface area (Å²) in [5.41, 5.74) is 0.512. The maximum atomic E-state index is 10.4. The summed E-state index contributed by atoms with van der Waals surface area (Å²) in [6.45, 7) is 2.38. The molecule has 0 atom stereocenters. The van der Waals surface area contributed by atoms with Gasteiger partial charge in [-0.15, -0.1) is 12.4 Å². The van der Waals surface area contributed by atoms with Crippen molar-refractivity contribution in [1.82, 2.24) is 4.98 Å². The second-order valence-electron chi connectivity index (χ2n) is 2.47. The van der Waals surface area contributed by atoms with E-state index in [1.54, 1.807) is 18.2 Å². The molecule has 4 nitrogen and oxygen atoms in total. The van der Waals surface area contributed by atoms with Crippen LogP contribution in [0.25, 0.3) is 0 Å². The number of hydrogen-bond donors (Lipinski definition) is 1. The highest BCUT2D eigenvalue weighted by atomic mass is 35.5. The molecule has 0 aliphatic rings. The maximum Gasteiger partial charge on any atom is 0.309 e. The van der Waals surface area contributed by atoms with Gasteiger partial charge in [0.25, 0.3) is 0 Å². The molecule has 0 saturated carbocycles. The van der Waals surface area contributed by atoms with Crippen molar-refractivity contribution >= 4 is 18.4 Å². The third kappa shape index (κ3) is 4.09. The lowest BCUT2D eigenvalue weighted by atomic mass is 10.3. The molecule has 78 valence electrons. The molecule has 1 N–H and O–H groups in total. The van der Waals surface area contributed by atoms with Gasteiger partial charge in [0.05, 0.1) is 18.7 Å². The lowest BCUT2D eigenvalue weighted by Crippen LogP contribution is -2.03. The van der Waals surface area contributed by atoms with E-state index < -0.39 is 5.97 Å². The number of hydrogen-bond acceptors (Lipinski definition) is 3. The van der Waals surface area contributed by atoms with Crippen LogP contribution in [0.5, 0.6) is 5.88 Å². The van der Waals surface area contributed by atoms with E-state index >= 15 is 0 Å². The van der Waals surface area contributed by atoms with E-state index in [1.165, 1.54) is 0 Å². The van der Waals surface area contributed by atoms with Gasteiger partial charge in [-0.1, -0.05) is 6.07 Å². The van der Waals surface area contributed by atoms with E-state index in [0.717, 1.165) is 0 Å². The highest BCUT2D eigenvalue weighted by molar-refractivity contribution is 5.85. The Balaban J connectivity index is 0.00000169. The molecule has 0 saturated heterocycles. The van der Waals surface area contributed by atoms with Crippen molar-refractivity contribution in [2.24, 2.45) is 0 Å². The predicted octanol–water partition coefficient (Wildman–Crippen LogP) is 1.53. The molecule has 1 heterocycles. The molecular formula is C9H12ClNO3. The molecule has 0 amide bonds. The molecule has 1 aromatic rings. The van der Waals surface area contributed by atoms with E-state index in [9.17, 15) is 4.79 Å². The summed E-state index contributed by atoms with van der Waals surface area (Å²) in [4.78, 5) is 14.4. The third-order valence-corrected chi connectivity index (χ3v) is 1.41. The van der Waals surface area contributed by atoms with Crippen LogP contribution >= 0.6 is 12.4 Å². The first-order valence-electron chi connectivity index (χ1n) is 4.03. The minimum atomic E-state index is -0.888. The largest absolute Gasteiger partial charge is 0.481 e. The number of halogens is 1. The van der Waals surface area contributed by atoms with E-state index in [1.807, 2.05) is 6.92 Å². The standard InChI is InChI=1S/C9H11NO3.ClH/c1-2-13-8-5-3-4-7(10-8)6-9(11)12;/h3-5H,2,6H2,1H3,(H,11,12);1H. The van der Waals surface area contributed by atoms with E-state index in [2.05, 4.69) is 4.98 Å². The number of ether oxygens (including phenoxy) is 1. The molecule has 1 rings (SSSR count). The summed E-state index contributed by atoms with van der Waals surface area (Å²) < 4.78 is 5.12. The normalized spacial score (nSPS) is 8.93. The third-order valence-electron chi connectivity index (χ3n) is 1.41. The number of aliphatic carboxylic acids is 1. The highest BCUT2D eigenvalue weighted by Gasteiger charge is 2.02. The zero-order chi connectivity index (χ0) is 9.68. The Hall–Kier alpha value is -1.29. The number of pyridine rings is 1. The summed E-state index contributed by atoms with van der Waals surface area (Å²) in [5, 5.41) is 8.51. The molecule has 0 bridgehead atoms. The fourth-order valence-electron chi connectivity index (χ4n) is 0.939. The summed E-state index contributed by atoms with van der Waals surface area (Å²) in [6, 6.07) is 5.10. The summed E-state index contributed by atoms with van der Waals surface area (Å²) >= 11 is 0. The van der Waals surface area contributed by atoms with Crippen LogP contribution in [0.3, 0.4) is 0 Å². The first-order chi connectivity index (χ1) is 6.22. The predicted molar refractivity (Wildman–Crippen MR) is 54.0 cm³/mol. The van der Waals surface area contributed by atoms with Crippen molar-refractivity contribution in [1.29, 1.82) is 0 Å². The SMILES string of the molecule is CCOc1cccc(CC(=O)O)n1.Cl. The van der Waals surface area contributed by atoms with Gasteiger partial charge in [0.2, 0.25) is 5.88 Å². The van der Waals surface area contributed by atoms with Crippen molar-refractivity contribution < 1.29 is 14.6 Å². The average molecular weight is 218 g/mol. The second kappa shape index (κ2) is 6.21. The number of carboxylic acid groups (broad SMARTS) is 1. The van der Waals surface area contributed by atoms with Crippen molar-refractivity contribution in [2.45, 2.75) is 13.3 Å². The number of aromatic nitrogens is 1. The van der Waals surface area contributed by atoms with Crippen LogP contribution in [0.2, 0.25) is 0 Å². The Morgan fingerprint density at radius 2 is 2.29 bits per heavy atom. The fourth-order valence-corrected chi connectivity index (χ4v) is 0.939. The van der Waals surface area contributed by atoms with Crippen molar-refractivity contribution in [3.8, 4) is 5.88 Å². The lowest BCUT2D eigenvalue weighted by Gasteiger charge is -2.02. The average Bonchev–Trinajstić information content (AvgIpc) is 2.04. The van der Waals surface area contributed by atoms with Gasteiger partial charge in [0.15, 0.2) is 0 Å². The van der Waals surface area contributed by atoms with Gasteiger partial charge in [-0.2, -0.15) is 0 Å². The molecular weight excluding hydrogens is 206 g/mol. The smallest absolute Gasteiger partial charge is 0.309 e. The lowest BCUT2D eigenvalue weighted by molar-refractivity contribution is -0.136. The topological polar surface area (TPSA) is 59.4 Å². The minimum absolute atomic E-state index is 0. The maximum absolute atomic E-state index is 10.4. The van der Waals surface area contributed by atoms with Crippen LogP contribution in [0.15, 0.2) is 18.2 Å². The van der Waals surface area contributed by atoms with Crippen LogP contribution in [0, 0.1) is 0 Å². The number of nitrogens with zero attached hydrogens (tertiary/aromatic N) is 1. The molecule has 0 aliphatic heterocycles. The molecule has 0 radical (unpaired) electrons. The van der Waals surface area contributed by atoms with Crippen molar-refractivity contribution in [2.75, 3.05) is 6.61 Å². The minimum Gasteiger partial charge on any atom is -0.481 e. The first kappa shape index (κ1) is 12.7. The number of carbonyl (C=O) groups is 1. The van der Waals surface area contributed by atoms with Crippen LogP contribution in [-0.4, -0.2) is 22.7 Å². The van der Waals surface area contributed by atoms with Gasteiger partial charge in [-0.25, -0.2) is 4.98 Å². The Bertz CT molecular complexity index is 304. The van der Waals surface area contributed by atoms with Gasteiger partial charge >= 0.3 is 5.97 Å². The molecule has 0 aliphatic carbocycles. The second-order valence-corrected chi connectivity index (χ2v) is 2.47. The Morgan fingerprint density at radius 3 is 2.86 bits per heavy atom. The quantitative estimate of drug-likeness (QED) is 0.831. The van der Waals surface area contributed by atoms with Crippen LogP contribution in [0.1, 0.15) is 12.6 Å². The van der Waals surface area contributed by atoms with Gasteiger partial charge in [-0.3, -0.25) is 4.79 Å². The van der Waals surface area contributed by atoms with Crippen molar-refractivity contribution in [3.05, 3.63) is 23.9 Å². The summed E-state index contributed by atoms with van der Waals surface area (Å²) in [5.74, 6) is -0.414. The van der Waals surface area contributed by atoms with Gasteiger partial charge in [-0.05, 0) is 13.0 Å². The highest BCUT2D eigenvalue weighted by Crippen LogP contribution is 2.07. The Kier molecular flexibility index (Phi) is 5.64. The van der Waals surface area contributed by atoms with Gasteiger partial charge in [0, 0.05) is 6.07 Å². The summed E-state index contributed by atoms with van der Waals surface area (Å²) in [7, 11) is 0. The Morgan fingerprint density at radius 1 is 1.57 bits per heavy atom. The van der Waals surface area contributed by atoms with Crippen molar-refractivity contribution in [3.63, 3.8) is 0 Å². The zero-order valence-corrected chi connectivity index (χ0v) is 8.58. The molecule has 5 heteroatoms. The van der Waals surface area contributed by atoms with E-state index in [-0.39, 0.29) is 18.8 Å². The molecule has 0 aromatic carbocycles. The first-order valence-corrected chi connectivity index (χ1v) is 4.03.